The molecule has 2 unspecified atom stereocenters. The summed E-state index contributed by atoms with van der Waals surface area (Å²) in [5.74, 6) is -1.12. The number of hydrogen-bond acceptors (Lipinski definition) is 5. The van der Waals surface area contributed by atoms with Crippen molar-refractivity contribution < 1.29 is 23.5 Å². The third-order valence-electron chi connectivity index (χ3n) is 4.40. The van der Waals surface area contributed by atoms with Gasteiger partial charge >= 0.3 is 5.97 Å². The zero-order valence-electron chi connectivity index (χ0n) is 14.5. The molecule has 2 heterocycles. The lowest BCUT2D eigenvalue weighted by atomic mass is 10.0. The lowest BCUT2D eigenvalue weighted by molar-refractivity contribution is -0.145. The molecule has 3 N–H and O–H groups in total. The maximum atomic E-state index is 13.3. The van der Waals surface area contributed by atoms with Gasteiger partial charge in [-0.05, 0) is 23.8 Å². The van der Waals surface area contributed by atoms with Crippen LogP contribution in [0.15, 0.2) is 24.4 Å². The fourth-order valence-electron chi connectivity index (χ4n) is 3.11. The number of aromatic nitrogens is 1. The predicted molar refractivity (Wildman–Crippen MR) is 93.1 cm³/mol. The number of esters is 1. The van der Waals surface area contributed by atoms with Gasteiger partial charge in [-0.2, -0.15) is 0 Å². The number of methoxy groups -OCH3 is 1. The molecule has 0 aliphatic carbocycles. The van der Waals surface area contributed by atoms with Crippen molar-refractivity contribution in [1.82, 2.24) is 15.6 Å². The number of H-pyrrole nitrogens is 1. The van der Waals surface area contributed by atoms with E-state index in [9.17, 15) is 14.0 Å². The number of fused-ring (bicyclic) bond motifs is 1. The molecule has 3 rings (SSSR count). The van der Waals surface area contributed by atoms with Crippen LogP contribution >= 0.6 is 0 Å². The Morgan fingerprint density at radius 2 is 2.31 bits per heavy atom. The summed E-state index contributed by atoms with van der Waals surface area (Å²) in [5.41, 5.74) is 1.44. The molecule has 140 valence electrons. The Morgan fingerprint density at radius 3 is 3.04 bits per heavy atom. The summed E-state index contributed by atoms with van der Waals surface area (Å²) in [4.78, 5) is 27.4. The van der Waals surface area contributed by atoms with E-state index in [2.05, 4.69) is 15.6 Å². The number of amides is 1. The quantitative estimate of drug-likeness (QED) is 0.663. The summed E-state index contributed by atoms with van der Waals surface area (Å²) in [6.45, 7) is 1.79. The summed E-state index contributed by atoms with van der Waals surface area (Å²) >= 11 is 0. The van der Waals surface area contributed by atoms with Gasteiger partial charge in [-0.25, -0.2) is 9.18 Å². The molecule has 26 heavy (non-hydrogen) atoms. The molecule has 2 atom stereocenters. The summed E-state index contributed by atoms with van der Waals surface area (Å²) in [7, 11) is 1.28. The van der Waals surface area contributed by atoms with E-state index in [1.165, 1.54) is 19.2 Å². The highest BCUT2D eigenvalue weighted by molar-refractivity contribution is 5.87. The number of morpholine rings is 1. The largest absolute Gasteiger partial charge is 0.467 e. The van der Waals surface area contributed by atoms with E-state index in [1.807, 2.05) is 0 Å². The van der Waals surface area contributed by atoms with Crippen LogP contribution in [-0.4, -0.2) is 55.8 Å². The van der Waals surface area contributed by atoms with Crippen LogP contribution < -0.4 is 10.6 Å². The number of ether oxygens (including phenoxy) is 2. The Hall–Kier alpha value is -2.45. The first-order chi connectivity index (χ1) is 12.6. The van der Waals surface area contributed by atoms with Crippen LogP contribution in [0.1, 0.15) is 12.0 Å². The van der Waals surface area contributed by atoms with Crippen LogP contribution in [-0.2, 0) is 25.5 Å². The Balaban J connectivity index is 1.69. The van der Waals surface area contributed by atoms with Crippen LogP contribution in [0.2, 0.25) is 0 Å². The zero-order chi connectivity index (χ0) is 18.5. The van der Waals surface area contributed by atoms with E-state index in [0.717, 1.165) is 10.9 Å². The Labute approximate surface area is 150 Å². The number of hydrogen-bond donors (Lipinski definition) is 3. The first-order valence-electron chi connectivity index (χ1n) is 8.50. The molecule has 1 fully saturated rings. The van der Waals surface area contributed by atoms with Crippen molar-refractivity contribution in [3.63, 3.8) is 0 Å². The second-order valence-corrected chi connectivity index (χ2v) is 6.28. The number of rotatable bonds is 6. The molecule has 0 spiro atoms. The van der Waals surface area contributed by atoms with E-state index >= 15 is 0 Å². The van der Waals surface area contributed by atoms with Crippen LogP contribution in [0.3, 0.4) is 0 Å². The molecule has 1 aromatic heterocycles. The highest BCUT2D eigenvalue weighted by atomic mass is 19.1. The Bertz CT molecular complexity index is 786. The van der Waals surface area contributed by atoms with Crippen molar-refractivity contribution in [2.45, 2.75) is 24.9 Å². The molecule has 0 bridgehead atoms. The van der Waals surface area contributed by atoms with Crippen molar-refractivity contribution in [2.24, 2.45) is 0 Å². The number of halogens is 1. The topological polar surface area (TPSA) is 92.5 Å². The van der Waals surface area contributed by atoms with Crippen LogP contribution in [0.4, 0.5) is 4.39 Å². The Kier molecular flexibility index (Phi) is 5.85. The average Bonchev–Trinajstić information content (AvgIpc) is 3.03. The molecular formula is C18H22FN3O4. The van der Waals surface area contributed by atoms with Gasteiger partial charge in [0.15, 0.2) is 0 Å². The molecule has 1 aromatic carbocycles. The van der Waals surface area contributed by atoms with Crippen molar-refractivity contribution in [2.75, 3.05) is 26.9 Å². The number of carbonyl (C=O) groups excluding carboxylic acids is 2. The zero-order valence-corrected chi connectivity index (χ0v) is 14.5. The van der Waals surface area contributed by atoms with E-state index in [1.54, 1.807) is 12.3 Å². The van der Waals surface area contributed by atoms with E-state index in [4.69, 9.17) is 9.47 Å². The SMILES string of the molecule is COC(=O)C(Cc1c[nH]c2cc(F)ccc12)NC(=O)CC1COCCN1. The van der Waals surface area contributed by atoms with Crippen LogP contribution in [0.25, 0.3) is 10.9 Å². The van der Waals surface area contributed by atoms with Gasteiger partial charge < -0.3 is 25.1 Å². The minimum Gasteiger partial charge on any atom is -0.467 e. The third kappa shape index (κ3) is 4.39. The minimum absolute atomic E-state index is 0.0712. The van der Waals surface area contributed by atoms with Crippen LogP contribution in [0.5, 0.6) is 0 Å². The molecule has 8 heteroatoms. The molecule has 1 amide bonds. The molecule has 1 aliphatic heterocycles. The molecule has 2 aromatic rings. The highest BCUT2D eigenvalue weighted by Crippen LogP contribution is 2.21. The van der Waals surface area contributed by atoms with E-state index in [-0.39, 0.29) is 30.6 Å². The maximum Gasteiger partial charge on any atom is 0.328 e. The average molecular weight is 363 g/mol. The second kappa shape index (κ2) is 8.29. The molecule has 0 radical (unpaired) electrons. The lowest BCUT2D eigenvalue weighted by Crippen LogP contribution is -2.48. The second-order valence-electron chi connectivity index (χ2n) is 6.28. The van der Waals surface area contributed by atoms with Gasteiger partial charge in [0.2, 0.25) is 5.91 Å². The fraction of sp³-hybridized carbons (Fsp3) is 0.444. The minimum atomic E-state index is -0.818. The van der Waals surface area contributed by atoms with Gasteiger partial charge in [0, 0.05) is 42.5 Å². The molecule has 0 saturated carbocycles. The van der Waals surface area contributed by atoms with Crippen LogP contribution in [0, 0.1) is 5.82 Å². The van der Waals surface area contributed by atoms with Gasteiger partial charge in [0.1, 0.15) is 11.9 Å². The lowest BCUT2D eigenvalue weighted by Gasteiger charge is -2.24. The van der Waals surface area contributed by atoms with Gasteiger partial charge in [-0.3, -0.25) is 4.79 Å². The number of benzene rings is 1. The smallest absolute Gasteiger partial charge is 0.328 e. The van der Waals surface area contributed by atoms with E-state index in [0.29, 0.717) is 25.3 Å². The molecule has 1 aliphatic rings. The van der Waals surface area contributed by atoms with Crippen molar-refractivity contribution in [3.8, 4) is 0 Å². The number of carbonyl (C=O) groups is 2. The molecule has 1 saturated heterocycles. The standard InChI is InChI=1S/C18H22FN3O4/c1-25-18(24)16(22-17(23)8-13-10-26-5-4-20-13)6-11-9-21-15-7-12(19)2-3-14(11)15/h2-3,7,9,13,16,20-21H,4-6,8,10H2,1H3,(H,22,23). The summed E-state index contributed by atoms with van der Waals surface area (Å²) in [6.07, 6.45) is 2.17. The van der Waals surface area contributed by atoms with E-state index < -0.39 is 12.0 Å². The Morgan fingerprint density at radius 1 is 1.46 bits per heavy atom. The fourth-order valence-corrected chi connectivity index (χ4v) is 3.11. The highest BCUT2D eigenvalue weighted by Gasteiger charge is 2.25. The van der Waals surface area contributed by atoms with Crippen molar-refractivity contribution >= 4 is 22.8 Å². The normalized spacial score (nSPS) is 18.5. The van der Waals surface area contributed by atoms with Gasteiger partial charge in [0.25, 0.3) is 0 Å². The van der Waals surface area contributed by atoms with Crippen molar-refractivity contribution in [3.05, 3.63) is 35.8 Å². The van der Waals surface area contributed by atoms with Gasteiger partial charge in [-0.15, -0.1) is 0 Å². The first-order valence-corrected chi connectivity index (χ1v) is 8.50. The van der Waals surface area contributed by atoms with Gasteiger partial charge in [0.05, 0.1) is 20.3 Å². The van der Waals surface area contributed by atoms with Gasteiger partial charge in [-0.1, -0.05) is 0 Å². The number of aromatic amines is 1. The summed E-state index contributed by atoms with van der Waals surface area (Å²) in [5, 5.41) is 6.73. The number of nitrogens with one attached hydrogen (secondary N) is 3. The summed E-state index contributed by atoms with van der Waals surface area (Å²) in [6, 6.07) is 3.51. The predicted octanol–water partition coefficient (Wildman–Crippen LogP) is 0.886. The monoisotopic (exact) mass is 363 g/mol. The third-order valence-corrected chi connectivity index (χ3v) is 4.40. The van der Waals surface area contributed by atoms with Crippen molar-refractivity contribution in [1.29, 1.82) is 0 Å². The molecular weight excluding hydrogens is 341 g/mol. The maximum absolute atomic E-state index is 13.3. The molecule has 7 nitrogen and oxygen atoms in total. The summed E-state index contributed by atoms with van der Waals surface area (Å²) < 4.78 is 23.5. The first kappa shape index (κ1) is 18.3.